The fraction of sp³-hybridized carbons (Fsp3) is 0.824. The molecule has 2 fully saturated rings. The van der Waals surface area contributed by atoms with Crippen molar-refractivity contribution in [2.24, 2.45) is 17.8 Å². The average molecular weight is 355 g/mol. The predicted octanol–water partition coefficient (Wildman–Crippen LogP) is 1.28. The van der Waals surface area contributed by atoms with Crippen LogP contribution in [0.15, 0.2) is 10.5 Å². The lowest BCUT2D eigenvalue weighted by Gasteiger charge is -2.31. The lowest BCUT2D eigenvalue weighted by Crippen LogP contribution is -2.45. The van der Waals surface area contributed by atoms with Gasteiger partial charge in [-0.15, -0.1) is 11.8 Å². The molecular weight excluding hydrogens is 330 g/mol. The van der Waals surface area contributed by atoms with E-state index < -0.39 is 18.7 Å². The molecule has 0 amide bonds. The molecule has 24 heavy (non-hydrogen) atoms. The second kappa shape index (κ2) is 6.29. The Balaban J connectivity index is 1.47. The van der Waals surface area contributed by atoms with Gasteiger partial charge in [-0.25, -0.2) is 4.90 Å². The van der Waals surface area contributed by atoms with Crippen molar-refractivity contribution in [2.45, 2.75) is 57.9 Å². The zero-order chi connectivity index (χ0) is 17.0. The number of hydrogen-bond acceptors (Lipinski definition) is 7. The predicted molar refractivity (Wildman–Crippen MR) is 88.6 cm³/mol. The van der Waals surface area contributed by atoms with Crippen molar-refractivity contribution in [1.29, 1.82) is 0 Å². The van der Waals surface area contributed by atoms with Gasteiger partial charge in [0.15, 0.2) is 0 Å². The van der Waals surface area contributed by atoms with Crippen molar-refractivity contribution >= 4 is 17.7 Å². The first-order valence-electron chi connectivity index (χ1n) is 8.77. The Morgan fingerprint density at radius 2 is 2.29 bits per heavy atom. The minimum atomic E-state index is -0.728. The van der Waals surface area contributed by atoms with Gasteiger partial charge in [0.2, 0.25) is 6.29 Å². The highest BCUT2D eigenvalue weighted by Crippen LogP contribution is 2.54. The van der Waals surface area contributed by atoms with Crippen molar-refractivity contribution in [3.05, 3.63) is 10.5 Å². The van der Waals surface area contributed by atoms with Crippen LogP contribution in [0.4, 0.5) is 0 Å². The molecule has 6 nitrogen and oxygen atoms in total. The number of likely N-dealkylation sites (tertiary alicyclic amines) is 1. The Bertz CT molecular complexity index is 565. The Morgan fingerprint density at radius 1 is 1.50 bits per heavy atom. The summed E-state index contributed by atoms with van der Waals surface area (Å²) in [6.07, 6.45) is 0.644. The molecule has 7 atom stereocenters. The van der Waals surface area contributed by atoms with Crippen molar-refractivity contribution in [3.63, 3.8) is 0 Å². The lowest BCUT2D eigenvalue weighted by molar-refractivity contribution is -0.170. The Hall–Kier alpha value is -0.600. The number of carbonyl (C=O) groups is 1. The van der Waals surface area contributed by atoms with E-state index in [-0.39, 0.29) is 29.8 Å². The molecule has 134 valence electrons. The second-order valence-electron chi connectivity index (χ2n) is 7.35. The van der Waals surface area contributed by atoms with E-state index in [2.05, 4.69) is 0 Å². The second-order valence-corrected chi connectivity index (χ2v) is 8.54. The molecule has 6 unspecified atom stereocenters. The van der Waals surface area contributed by atoms with Crippen LogP contribution in [-0.2, 0) is 14.3 Å². The maximum atomic E-state index is 11.5. The van der Waals surface area contributed by atoms with Crippen LogP contribution < -0.4 is 0 Å². The quantitative estimate of drug-likeness (QED) is 0.736. The molecule has 0 spiro atoms. The number of fused-ring (bicyclic) bond motifs is 2. The number of carbonyl (C=O) groups excluding carboxylic acids is 1. The van der Waals surface area contributed by atoms with Gasteiger partial charge in [0.1, 0.15) is 12.5 Å². The van der Waals surface area contributed by atoms with Gasteiger partial charge in [0, 0.05) is 24.1 Å². The zero-order valence-corrected chi connectivity index (χ0v) is 14.9. The fourth-order valence-corrected chi connectivity index (χ4v) is 5.95. The van der Waals surface area contributed by atoms with Gasteiger partial charge in [-0.3, -0.25) is 4.79 Å². The Kier molecular flexibility index (Phi) is 4.41. The molecule has 1 aliphatic carbocycles. The Morgan fingerprint density at radius 3 is 2.96 bits per heavy atom. The standard InChI is InChI=1S/C17H25NO5S/c1-8-5-14(23-17(8)21)22-7-12-11-6-13-10(3-4-24-13)15(11)18(9(2)19)16(12)20/h8-9,11-12,14-16,19-20H,3-7H2,1-2H3/t8?,9-,11?,12?,14?,15?,16?/m1/s1. The first kappa shape index (κ1) is 16.8. The molecule has 0 aromatic heterocycles. The van der Waals surface area contributed by atoms with E-state index in [1.165, 1.54) is 10.5 Å². The molecule has 4 aliphatic rings. The first-order valence-corrected chi connectivity index (χ1v) is 9.76. The zero-order valence-electron chi connectivity index (χ0n) is 14.1. The maximum absolute atomic E-state index is 11.5. The van der Waals surface area contributed by atoms with Gasteiger partial charge in [0.05, 0.1) is 12.5 Å². The normalized spacial score (nSPS) is 43.2. The third-order valence-electron chi connectivity index (χ3n) is 5.85. The van der Waals surface area contributed by atoms with Gasteiger partial charge >= 0.3 is 5.97 Å². The molecule has 7 heteroatoms. The summed E-state index contributed by atoms with van der Waals surface area (Å²) in [4.78, 5) is 14.8. The number of cyclic esters (lactones) is 1. The number of allylic oxidation sites excluding steroid dienone is 1. The summed E-state index contributed by atoms with van der Waals surface area (Å²) in [6, 6.07) is 0.114. The maximum Gasteiger partial charge on any atom is 0.311 e. The van der Waals surface area contributed by atoms with Crippen LogP contribution in [-0.4, -0.2) is 58.2 Å². The van der Waals surface area contributed by atoms with Crippen LogP contribution in [0.25, 0.3) is 0 Å². The third kappa shape index (κ3) is 2.61. The fourth-order valence-electron chi connectivity index (χ4n) is 4.66. The van der Waals surface area contributed by atoms with Crippen LogP contribution in [0.1, 0.15) is 33.1 Å². The summed E-state index contributed by atoms with van der Waals surface area (Å²) in [5, 5.41) is 21.0. The molecule has 0 saturated carbocycles. The van der Waals surface area contributed by atoms with Gasteiger partial charge in [-0.05, 0) is 36.2 Å². The van der Waals surface area contributed by atoms with Crippen LogP contribution in [0.2, 0.25) is 0 Å². The molecule has 0 radical (unpaired) electrons. The number of esters is 1. The number of hydrogen-bond donors (Lipinski definition) is 2. The van der Waals surface area contributed by atoms with E-state index in [9.17, 15) is 15.0 Å². The van der Waals surface area contributed by atoms with Crippen LogP contribution in [0, 0.1) is 17.8 Å². The minimum Gasteiger partial charge on any atom is -0.436 e. The number of thioether (sulfide) groups is 1. The first-order chi connectivity index (χ1) is 11.5. The minimum absolute atomic E-state index is 0.0783. The topological polar surface area (TPSA) is 79.2 Å². The summed E-state index contributed by atoms with van der Waals surface area (Å²) >= 11 is 1.91. The molecule has 0 bridgehead atoms. The van der Waals surface area contributed by atoms with Crippen LogP contribution >= 0.6 is 11.8 Å². The van der Waals surface area contributed by atoms with Crippen molar-refractivity contribution in [2.75, 3.05) is 12.4 Å². The molecule has 0 aromatic rings. The third-order valence-corrected chi connectivity index (χ3v) is 7.04. The smallest absolute Gasteiger partial charge is 0.311 e. The summed E-state index contributed by atoms with van der Waals surface area (Å²) in [5.41, 5.74) is 1.40. The SMILES string of the molecule is CC1CC(OCC2C3CC4=C(CCS4)C3N([C@@H](C)O)C2O)OC1=O. The van der Waals surface area contributed by atoms with Gasteiger partial charge < -0.3 is 19.7 Å². The summed E-state index contributed by atoms with van der Waals surface area (Å²) in [6.45, 7) is 3.90. The average Bonchev–Trinajstić information content (AvgIpc) is 3.21. The van der Waals surface area contributed by atoms with Gasteiger partial charge in [-0.1, -0.05) is 6.92 Å². The van der Waals surface area contributed by atoms with Gasteiger partial charge in [-0.2, -0.15) is 0 Å². The van der Waals surface area contributed by atoms with E-state index in [4.69, 9.17) is 9.47 Å². The highest BCUT2D eigenvalue weighted by Gasteiger charge is 2.55. The van der Waals surface area contributed by atoms with E-state index in [1.54, 1.807) is 6.92 Å². The summed E-state index contributed by atoms with van der Waals surface area (Å²) in [7, 11) is 0. The van der Waals surface area contributed by atoms with Crippen LogP contribution in [0.5, 0.6) is 0 Å². The lowest BCUT2D eigenvalue weighted by atomic mass is 9.89. The highest BCUT2D eigenvalue weighted by atomic mass is 32.2. The van der Waals surface area contributed by atoms with E-state index in [1.807, 2.05) is 23.6 Å². The Labute approximate surface area is 146 Å². The molecule has 0 aromatic carbocycles. The van der Waals surface area contributed by atoms with Crippen molar-refractivity contribution in [1.82, 2.24) is 4.90 Å². The number of rotatable bonds is 4. The monoisotopic (exact) mass is 355 g/mol. The van der Waals surface area contributed by atoms with Gasteiger partial charge in [0.25, 0.3) is 0 Å². The van der Waals surface area contributed by atoms with Crippen LogP contribution in [0.3, 0.4) is 0 Å². The number of aliphatic hydroxyl groups is 2. The number of aliphatic hydroxyl groups excluding tert-OH is 2. The summed E-state index contributed by atoms with van der Waals surface area (Å²) < 4.78 is 11.0. The molecule has 2 N–H and O–H groups in total. The van der Waals surface area contributed by atoms with E-state index >= 15 is 0 Å². The number of ether oxygens (including phenoxy) is 2. The largest absolute Gasteiger partial charge is 0.436 e. The molecule has 4 rings (SSSR count). The molecule has 2 saturated heterocycles. The number of nitrogens with zero attached hydrogens (tertiary/aromatic N) is 1. The molecule has 3 heterocycles. The highest BCUT2D eigenvalue weighted by molar-refractivity contribution is 8.03. The van der Waals surface area contributed by atoms with E-state index in [0.717, 1.165) is 18.6 Å². The molecule has 3 aliphatic heterocycles. The molecular formula is C17H25NO5S. The van der Waals surface area contributed by atoms with E-state index in [0.29, 0.717) is 13.0 Å². The van der Waals surface area contributed by atoms with Crippen molar-refractivity contribution in [3.8, 4) is 0 Å². The van der Waals surface area contributed by atoms with Crippen molar-refractivity contribution < 1.29 is 24.5 Å². The summed E-state index contributed by atoms with van der Waals surface area (Å²) in [5.74, 6) is 0.952.